The van der Waals surface area contributed by atoms with E-state index in [1.165, 1.54) is 38.5 Å². The fourth-order valence-corrected chi connectivity index (χ4v) is 3.00. The topological polar surface area (TPSA) is 51.2 Å². The van der Waals surface area contributed by atoms with Gasteiger partial charge in [0.2, 0.25) is 0 Å². The second-order valence-corrected chi connectivity index (χ2v) is 5.70. The Labute approximate surface area is 110 Å². The van der Waals surface area contributed by atoms with Gasteiger partial charge in [-0.1, -0.05) is 19.3 Å². The Balaban J connectivity index is 1.70. The fourth-order valence-electron chi connectivity index (χ4n) is 3.00. The summed E-state index contributed by atoms with van der Waals surface area (Å²) in [6.07, 6.45) is 7.92. The predicted octanol–water partition coefficient (Wildman–Crippen LogP) is 2.98. The zero-order chi connectivity index (χ0) is 12.8. The van der Waals surface area contributed by atoms with Gasteiger partial charge in [0, 0.05) is 0 Å². The minimum atomic E-state index is 0.407. The average molecular weight is 250 g/mol. The summed E-state index contributed by atoms with van der Waals surface area (Å²) in [5, 5.41) is 3.47. The lowest BCUT2D eigenvalue weighted by Crippen LogP contribution is -2.35. The fraction of sp³-hybridized carbons (Fsp3) is 0.733. The molecule has 1 aromatic rings. The highest BCUT2D eigenvalue weighted by atomic mass is 16.3. The minimum Gasteiger partial charge on any atom is -0.465 e. The van der Waals surface area contributed by atoms with E-state index in [1.807, 2.05) is 19.1 Å². The monoisotopic (exact) mass is 250 g/mol. The SMILES string of the molecule is Cc1ccc(CNCCC2(CN)CCCCC2)o1. The molecule has 3 heteroatoms. The highest BCUT2D eigenvalue weighted by molar-refractivity contribution is 5.05. The van der Waals surface area contributed by atoms with E-state index >= 15 is 0 Å². The predicted molar refractivity (Wildman–Crippen MR) is 74.3 cm³/mol. The third kappa shape index (κ3) is 3.59. The van der Waals surface area contributed by atoms with Gasteiger partial charge in [0.15, 0.2) is 0 Å². The van der Waals surface area contributed by atoms with Crippen LogP contribution in [0.4, 0.5) is 0 Å². The van der Waals surface area contributed by atoms with Crippen molar-refractivity contribution in [2.75, 3.05) is 13.1 Å². The van der Waals surface area contributed by atoms with E-state index in [0.29, 0.717) is 5.41 Å². The third-order valence-corrected chi connectivity index (χ3v) is 4.27. The van der Waals surface area contributed by atoms with E-state index in [1.54, 1.807) is 0 Å². The molecule has 102 valence electrons. The number of furan rings is 1. The van der Waals surface area contributed by atoms with Crippen molar-refractivity contribution in [3.05, 3.63) is 23.7 Å². The summed E-state index contributed by atoms with van der Waals surface area (Å²) < 4.78 is 5.54. The number of rotatable bonds is 6. The van der Waals surface area contributed by atoms with Gasteiger partial charge in [-0.05, 0) is 56.8 Å². The molecule has 3 nitrogen and oxygen atoms in total. The summed E-state index contributed by atoms with van der Waals surface area (Å²) in [5.74, 6) is 2.01. The Hall–Kier alpha value is -0.800. The number of hydrogen-bond donors (Lipinski definition) is 2. The Bertz CT molecular complexity index is 353. The zero-order valence-electron chi connectivity index (χ0n) is 11.5. The lowest BCUT2D eigenvalue weighted by atomic mass is 9.72. The van der Waals surface area contributed by atoms with Crippen LogP contribution in [0, 0.1) is 12.3 Å². The van der Waals surface area contributed by atoms with Gasteiger partial charge in [0.05, 0.1) is 6.54 Å². The summed E-state index contributed by atoms with van der Waals surface area (Å²) in [6, 6.07) is 4.06. The second kappa shape index (κ2) is 6.39. The third-order valence-electron chi connectivity index (χ3n) is 4.27. The smallest absolute Gasteiger partial charge is 0.117 e. The molecule has 1 aliphatic carbocycles. The first kappa shape index (κ1) is 13.6. The number of nitrogens with two attached hydrogens (primary N) is 1. The summed E-state index contributed by atoms with van der Waals surface area (Å²) in [4.78, 5) is 0. The molecule has 0 radical (unpaired) electrons. The van der Waals surface area contributed by atoms with Gasteiger partial charge in [-0.2, -0.15) is 0 Å². The van der Waals surface area contributed by atoms with Crippen LogP contribution in [-0.4, -0.2) is 13.1 Å². The van der Waals surface area contributed by atoms with Crippen LogP contribution in [-0.2, 0) is 6.54 Å². The van der Waals surface area contributed by atoms with Crippen LogP contribution in [0.25, 0.3) is 0 Å². The van der Waals surface area contributed by atoms with E-state index in [-0.39, 0.29) is 0 Å². The molecule has 0 amide bonds. The molecule has 0 unspecified atom stereocenters. The molecule has 3 N–H and O–H groups in total. The van der Waals surface area contributed by atoms with Crippen LogP contribution >= 0.6 is 0 Å². The van der Waals surface area contributed by atoms with Gasteiger partial charge < -0.3 is 15.5 Å². The van der Waals surface area contributed by atoms with Gasteiger partial charge in [0.1, 0.15) is 11.5 Å². The molecule has 0 bridgehead atoms. The molecule has 1 fully saturated rings. The Morgan fingerprint density at radius 2 is 2.06 bits per heavy atom. The number of hydrogen-bond acceptors (Lipinski definition) is 3. The quantitative estimate of drug-likeness (QED) is 0.763. The van der Waals surface area contributed by atoms with Crippen LogP contribution in [0.2, 0.25) is 0 Å². The van der Waals surface area contributed by atoms with Crippen LogP contribution in [0.1, 0.15) is 50.0 Å². The molecule has 0 aromatic carbocycles. The van der Waals surface area contributed by atoms with Crippen molar-refractivity contribution in [2.24, 2.45) is 11.1 Å². The van der Waals surface area contributed by atoms with Crippen molar-refractivity contribution in [1.29, 1.82) is 0 Å². The molecule has 0 saturated heterocycles. The number of nitrogens with one attached hydrogen (secondary N) is 1. The maximum atomic E-state index is 5.99. The van der Waals surface area contributed by atoms with Gasteiger partial charge in [-0.3, -0.25) is 0 Å². The highest BCUT2D eigenvalue weighted by Crippen LogP contribution is 2.37. The minimum absolute atomic E-state index is 0.407. The van der Waals surface area contributed by atoms with Gasteiger partial charge >= 0.3 is 0 Å². The van der Waals surface area contributed by atoms with Gasteiger partial charge in [-0.15, -0.1) is 0 Å². The van der Waals surface area contributed by atoms with Gasteiger partial charge in [0.25, 0.3) is 0 Å². The van der Waals surface area contributed by atoms with Crippen molar-refractivity contribution in [3.63, 3.8) is 0 Å². The van der Waals surface area contributed by atoms with Crippen LogP contribution in [0.3, 0.4) is 0 Å². The molecule has 0 spiro atoms. The average Bonchev–Trinajstić information content (AvgIpc) is 2.82. The molecule has 1 aliphatic rings. The van der Waals surface area contributed by atoms with E-state index in [4.69, 9.17) is 10.2 Å². The largest absolute Gasteiger partial charge is 0.465 e. The standard InChI is InChI=1S/C15H26N2O/c1-13-5-6-14(18-13)11-17-10-9-15(12-16)7-3-2-4-8-15/h5-6,17H,2-4,7-12,16H2,1H3. The summed E-state index contributed by atoms with van der Waals surface area (Å²) in [5.41, 5.74) is 6.40. The summed E-state index contributed by atoms with van der Waals surface area (Å²) in [7, 11) is 0. The molecular weight excluding hydrogens is 224 g/mol. The van der Waals surface area contributed by atoms with E-state index in [0.717, 1.165) is 31.2 Å². The van der Waals surface area contributed by atoms with Crippen LogP contribution in [0.15, 0.2) is 16.5 Å². The second-order valence-electron chi connectivity index (χ2n) is 5.70. The number of aryl methyl sites for hydroxylation is 1. The summed E-state index contributed by atoms with van der Waals surface area (Å²) >= 11 is 0. The first-order chi connectivity index (χ1) is 8.74. The molecular formula is C15H26N2O. The van der Waals surface area contributed by atoms with Gasteiger partial charge in [-0.25, -0.2) is 0 Å². The highest BCUT2D eigenvalue weighted by Gasteiger charge is 2.29. The lowest BCUT2D eigenvalue weighted by Gasteiger charge is -2.36. The van der Waals surface area contributed by atoms with E-state index < -0.39 is 0 Å². The molecule has 1 saturated carbocycles. The molecule has 18 heavy (non-hydrogen) atoms. The Kier molecular flexibility index (Phi) is 4.84. The van der Waals surface area contributed by atoms with Crippen molar-refractivity contribution >= 4 is 0 Å². The van der Waals surface area contributed by atoms with Crippen molar-refractivity contribution in [2.45, 2.75) is 52.0 Å². The molecule has 0 atom stereocenters. The maximum absolute atomic E-state index is 5.99. The van der Waals surface area contributed by atoms with E-state index in [9.17, 15) is 0 Å². The summed E-state index contributed by atoms with van der Waals surface area (Å²) in [6.45, 7) is 4.69. The van der Waals surface area contributed by atoms with Crippen LogP contribution in [0.5, 0.6) is 0 Å². The first-order valence-corrected chi connectivity index (χ1v) is 7.20. The van der Waals surface area contributed by atoms with Crippen LogP contribution < -0.4 is 11.1 Å². The normalized spacial score (nSPS) is 19.0. The molecule has 1 aromatic heterocycles. The maximum Gasteiger partial charge on any atom is 0.117 e. The van der Waals surface area contributed by atoms with Crippen molar-refractivity contribution in [1.82, 2.24) is 5.32 Å². The first-order valence-electron chi connectivity index (χ1n) is 7.20. The molecule has 0 aliphatic heterocycles. The van der Waals surface area contributed by atoms with Crippen molar-refractivity contribution < 1.29 is 4.42 Å². The van der Waals surface area contributed by atoms with E-state index in [2.05, 4.69) is 5.32 Å². The Morgan fingerprint density at radius 1 is 1.28 bits per heavy atom. The lowest BCUT2D eigenvalue weighted by molar-refractivity contribution is 0.180. The molecule has 2 rings (SSSR count). The molecule has 1 heterocycles. The zero-order valence-corrected chi connectivity index (χ0v) is 11.5. The van der Waals surface area contributed by atoms with Crippen molar-refractivity contribution in [3.8, 4) is 0 Å². The Morgan fingerprint density at radius 3 is 2.67 bits per heavy atom.